The summed E-state index contributed by atoms with van der Waals surface area (Å²) < 4.78 is 5.35. The van der Waals surface area contributed by atoms with Crippen LogP contribution < -0.4 is 10.1 Å². The van der Waals surface area contributed by atoms with E-state index in [1.165, 1.54) is 18.2 Å². The first-order chi connectivity index (χ1) is 9.58. The maximum Gasteiger partial charge on any atom is 0.328 e. The number of hydrogen-bond donors (Lipinski definition) is 1. The molecule has 1 aromatic heterocycles. The molecule has 0 aliphatic heterocycles. The van der Waals surface area contributed by atoms with Gasteiger partial charge in [0.2, 0.25) is 11.2 Å². The minimum Gasteiger partial charge on any atom is -0.424 e. The van der Waals surface area contributed by atoms with E-state index in [4.69, 9.17) is 16.3 Å². The molecule has 0 fully saturated rings. The number of anilines is 1. The zero-order valence-corrected chi connectivity index (χ0v) is 11.2. The number of ether oxygens (including phenoxy) is 1. The molecule has 0 aliphatic carbocycles. The third-order valence-electron chi connectivity index (χ3n) is 2.16. The molecule has 9 heteroatoms. The summed E-state index contributed by atoms with van der Waals surface area (Å²) in [4.78, 5) is 21.8. The van der Waals surface area contributed by atoms with Gasteiger partial charge in [-0.3, -0.25) is 10.1 Å². The van der Waals surface area contributed by atoms with Crippen LogP contribution in [-0.2, 0) is 0 Å². The van der Waals surface area contributed by atoms with Gasteiger partial charge >= 0.3 is 6.01 Å². The number of benzene rings is 1. The van der Waals surface area contributed by atoms with Crippen LogP contribution >= 0.6 is 11.6 Å². The maximum absolute atomic E-state index is 10.7. The van der Waals surface area contributed by atoms with Crippen molar-refractivity contribution in [2.75, 3.05) is 11.9 Å². The van der Waals surface area contributed by atoms with E-state index in [1.807, 2.05) is 6.92 Å². The van der Waals surface area contributed by atoms with E-state index in [1.54, 1.807) is 6.07 Å². The van der Waals surface area contributed by atoms with Gasteiger partial charge < -0.3 is 10.1 Å². The number of nitrogens with zero attached hydrogens (tertiary/aromatic N) is 4. The molecular formula is C11H10ClN5O3. The third kappa shape index (κ3) is 3.51. The van der Waals surface area contributed by atoms with E-state index in [0.717, 1.165) is 0 Å². The quantitative estimate of drug-likeness (QED) is 0.668. The molecule has 2 aromatic rings. The molecule has 2 rings (SSSR count). The second-order valence-electron chi connectivity index (χ2n) is 3.60. The monoisotopic (exact) mass is 295 g/mol. The molecule has 104 valence electrons. The third-order valence-corrected chi connectivity index (χ3v) is 2.33. The summed E-state index contributed by atoms with van der Waals surface area (Å²) in [5, 5.41) is 13.5. The summed E-state index contributed by atoms with van der Waals surface area (Å²) in [6, 6.07) is 5.64. The van der Waals surface area contributed by atoms with Crippen LogP contribution in [0.4, 0.5) is 11.6 Å². The van der Waals surface area contributed by atoms with Crippen LogP contribution in [0.25, 0.3) is 0 Å². The first kappa shape index (κ1) is 13.9. The number of hydrogen-bond acceptors (Lipinski definition) is 7. The van der Waals surface area contributed by atoms with Crippen molar-refractivity contribution in [3.8, 4) is 11.8 Å². The Bertz CT molecular complexity index is 637. The van der Waals surface area contributed by atoms with Gasteiger partial charge in [0.15, 0.2) is 0 Å². The number of rotatable bonds is 5. The Hall–Kier alpha value is -2.48. The highest BCUT2D eigenvalue weighted by atomic mass is 35.5. The molecular weight excluding hydrogens is 286 g/mol. The van der Waals surface area contributed by atoms with Crippen molar-refractivity contribution < 1.29 is 9.66 Å². The molecule has 20 heavy (non-hydrogen) atoms. The Balaban J connectivity index is 2.25. The zero-order chi connectivity index (χ0) is 14.5. The van der Waals surface area contributed by atoms with Crippen molar-refractivity contribution in [1.82, 2.24) is 15.0 Å². The number of non-ortho nitro benzene ring substituents is 1. The number of nitrogens with one attached hydrogen (secondary N) is 1. The minimum absolute atomic E-state index is 0.0311. The van der Waals surface area contributed by atoms with Crippen molar-refractivity contribution in [3.05, 3.63) is 39.7 Å². The van der Waals surface area contributed by atoms with Gasteiger partial charge in [0, 0.05) is 12.6 Å². The molecule has 1 N–H and O–H groups in total. The van der Waals surface area contributed by atoms with Gasteiger partial charge in [0.1, 0.15) is 5.75 Å². The highest BCUT2D eigenvalue weighted by Crippen LogP contribution is 2.23. The molecule has 0 saturated carbocycles. The van der Waals surface area contributed by atoms with Crippen LogP contribution in [0, 0.1) is 10.1 Å². The lowest BCUT2D eigenvalue weighted by Crippen LogP contribution is -2.04. The van der Waals surface area contributed by atoms with E-state index < -0.39 is 4.92 Å². The van der Waals surface area contributed by atoms with Crippen molar-refractivity contribution >= 4 is 23.2 Å². The number of aromatic nitrogens is 3. The number of nitro groups is 1. The van der Waals surface area contributed by atoms with Crippen LogP contribution in [0.5, 0.6) is 11.8 Å². The van der Waals surface area contributed by atoms with Crippen LogP contribution in [-0.4, -0.2) is 26.4 Å². The van der Waals surface area contributed by atoms with Crippen molar-refractivity contribution in [3.63, 3.8) is 0 Å². The lowest BCUT2D eigenvalue weighted by atomic mass is 10.3. The summed E-state index contributed by atoms with van der Waals surface area (Å²) in [5.41, 5.74) is -0.0884. The molecule has 1 heterocycles. The van der Waals surface area contributed by atoms with Gasteiger partial charge in [-0.15, -0.1) is 0 Å². The van der Waals surface area contributed by atoms with Crippen LogP contribution in [0.15, 0.2) is 24.3 Å². The molecule has 0 atom stereocenters. The molecule has 0 amide bonds. The highest BCUT2D eigenvalue weighted by molar-refractivity contribution is 6.28. The summed E-state index contributed by atoms with van der Waals surface area (Å²) in [5.74, 6) is 0.511. The molecule has 0 aliphatic rings. The van der Waals surface area contributed by atoms with Crippen LogP contribution in [0.2, 0.25) is 5.28 Å². The second kappa shape index (κ2) is 6.11. The lowest BCUT2D eigenvalue weighted by molar-refractivity contribution is -0.384. The van der Waals surface area contributed by atoms with E-state index in [2.05, 4.69) is 20.3 Å². The summed E-state index contributed by atoms with van der Waals surface area (Å²) in [6.45, 7) is 2.48. The molecule has 1 aromatic carbocycles. The average Bonchev–Trinajstić information content (AvgIpc) is 2.38. The molecule has 0 spiro atoms. The van der Waals surface area contributed by atoms with Crippen molar-refractivity contribution in [2.24, 2.45) is 0 Å². The Morgan fingerprint density at radius 1 is 1.40 bits per heavy atom. The van der Waals surface area contributed by atoms with Crippen molar-refractivity contribution in [1.29, 1.82) is 0 Å². The molecule has 0 bridgehead atoms. The predicted molar refractivity (Wildman–Crippen MR) is 72.2 cm³/mol. The van der Waals surface area contributed by atoms with Crippen molar-refractivity contribution in [2.45, 2.75) is 6.92 Å². The fourth-order valence-electron chi connectivity index (χ4n) is 1.38. The normalized spacial score (nSPS) is 10.1. The van der Waals surface area contributed by atoms with Gasteiger partial charge in [0.25, 0.3) is 5.69 Å². The minimum atomic E-state index is -0.517. The molecule has 0 saturated heterocycles. The van der Waals surface area contributed by atoms with Crippen LogP contribution in [0.1, 0.15) is 6.92 Å². The second-order valence-corrected chi connectivity index (χ2v) is 3.94. The topological polar surface area (TPSA) is 103 Å². The Morgan fingerprint density at radius 2 is 2.20 bits per heavy atom. The summed E-state index contributed by atoms with van der Waals surface area (Å²) in [6.07, 6.45) is 0. The fraction of sp³-hybridized carbons (Fsp3) is 0.182. The zero-order valence-electron chi connectivity index (χ0n) is 10.4. The predicted octanol–water partition coefficient (Wildman–Crippen LogP) is 2.66. The number of halogens is 1. The van der Waals surface area contributed by atoms with Gasteiger partial charge in [-0.25, -0.2) is 0 Å². The highest BCUT2D eigenvalue weighted by Gasteiger charge is 2.10. The van der Waals surface area contributed by atoms with E-state index in [0.29, 0.717) is 6.54 Å². The Morgan fingerprint density at radius 3 is 2.90 bits per heavy atom. The van der Waals surface area contributed by atoms with Gasteiger partial charge in [0.05, 0.1) is 11.0 Å². The first-order valence-electron chi connectivity index (χ1n) is 5.66. The van der Waals surface area contributed by atoms with E-state index in [9.17, 15) is 10.1 Å². The van der Waals surface area contributed by atoms with Crippen LogP contribution in [0.3, 0.4) is 0 Å². The largest absolute Gasteiger partial charge is 0.424 e. The van der Waals surface area contributed by atoms with E-state index >= 15 is 0 Å². The average molecular weight is 296 g/mol. The Kier molecular flexibility index (Phi) is 4.26. The van der Waals surface area contributed by atoms with Gasteiger partial charge in [-0.05, 0) is 24.6 Å². The first-order valence-corrected chi connectivity index (χ1v) is 6.04. The summed E-state index contributed by atoms with van der Waals surface area (Å²) in [7, 11) is 0. The smallest absolute Gasteiger partial charge is 0.328 e. The lowest BCUT2D eigenvalue weighted by Gasteiger charge is -2.06. The van der Waals surface area contributed by atoms with E-state index in [-0.39, 0.29) is 28.7 Å². The maximum atomic E-state index is 10.7. The summed E-state index contributed by atoms with van der Waals surface area (Å²) >= 11 is 5.74. The molecule has 8 nitrogen and oxygen atoms in total. The fourth-order valence-corrected chi connectivity index (χ4v) is 1.53. The number of nitro benzene ring substituents is 1. The molecule has 0 unspecified atom stereocenters. The Labute approximate surface area is 118 Å². The van der Waals surface area contributed by atoms with Gasteiger partial charge in [-0.2, -0.15) is 15.0 Å². The van der Waals surface area contributed by atoms with Gasteiger partial charge in [-0.1, -0.05) is 6.07 Å². The SMILES string of the molecule is CCNc1nc(Cl)nc(Oc2cccc([N+](=O)[O-])c2)n1. The standard InChI is InChI=1S/C11H10ClN5O3/c1-2-13-10-14-9(12)15-11(16-10)20-8-5-3-4-7(6-8)17(18)19/h3-6H,2H2,1H3,(H,13,14,15,16). The molecule has 0 radical (unpaired) electrons.